The second kappa shape index (κ2) is 4.08. The number of hydrazine groups is 1. The summed E-state index contributed by atoms with van der Waals surface area (Å²) >= 11 is 0. The van der Waals surface area contributed by atoms with Crippen LogP contribution in [0.5, 0.6) is 0 Å². The van der Waals surface area contributed by atoms with Crippen LogP contribution in [0.1, 0.15) is 16.2 Å². The molecule has 1 aromatic heterocycles. The topological polar surface area (TPSA) is 72.9 Å². The Hall–Kier alpha value is -1.07. The van der Waals surface area contributed by atoms with Gasteiger partial charge in [0.25, 0.3) is 5.91 Å². The van der Waals surface area contributed by atoms with Crippen molar-refractivity contribution in [2.75, 3.05) is 0 Å². The van der Waals surface area contributed by atoms with Crippen LogP contribution in [-0.4, -0.2) is 15.7 Å². The second-order valence-corrected chi connectivity index (χ2v) is 2.27. The third-order valence-corrected chi connectivity index (χ3v) is 1.48. The number of aryl methyl sites for hydroxylation is 2. The minimum Gasteiger partial charge on any atom is -0.289 e. The number of rotatable bonds is 1. The number of amides is 1. The minimum atomic E-state index is -0.367. The molecule has 3 N–H and O–H groups in total. The summed E-state index contributed by atoms with van der Waals surface area (Å²) in [6, 6.07) is 1.67. The summed E-state index contributed by atoms with van der Waals surface area (Å²) in [5.74, 6) is 4.55. The Labute approximate surface area is 76.3 Å². The highest BCUT2D eigenvalue weighted by Gasteiger charge is 2.07. The monoisotopic (exact) mass is 190 g/mol. The molecule has 0 aromatic carbocycles. The summed E-state index contributed by atoms with van der Waals surface area (Å²) in [7, 11) is 1.77. The number of nitrogens with two attached hydrogens (primary N) is 1. The van der Waals surface area contributed by atoms with Crippen LogP contribution in [0.2, 0.25) is 0 Å². The normalized spacial score (nSPS) is 8.92. The van der Waals surface area contributed by atoms with Crippen molar-refractivity contribution in [3.8, 4) is 0 Å². The molecule has 1 rings (SSSR count). The molecule has 12 heavy (non-hydrogen) atoms. The van der Waals surface area contributed by atoms with Crippen molar-refractivity contribution >= 4 is 18.3 Å². The molecule has 0 aliphatic heterocycles. The maximum absolute atomic E-state index is 10.9. The molecule has 1 aromatic rings. The third kappa shape index (κ3) is 1.96. The molecule has 68 valence electrons. The highest BCUT2D eigenvalue weighted by Crippen LogP contribution is 1.99. The predicted molar refractivity (Wildman–Crippen MR) is 46.8 cm³/mol. The number of nitrogens with zero attached hydrogens (tertiary/aromatic N) is 2. The first-order chi connectivity index (χ1) is 5.15. The van der Waals surface area contributed by atoms with E-state index in [0.29, 0.717) is 5.69 Å². The van der Waals surface area contributed by atoms with E-state index in [1.165, 1.54) is 0 Å². The smallest absolute Gasteiger partial charge is 0.285 e. The van der Waals surface area contributed by atoms with Crippen molar-refractivity contribution in [1.29, 1.82) is 0 Å². The van der Waals surface area contributed by atoms with Crippen LogP contribution >= 0.6 is 12.4 Å². The highest BCUT2D eigenvalue weighted by atomic mass is 35.5. The number of nitrogen functional groups attached to an aromatic ring is 1. The van der Waals surface area contributed by atoms with Gasteiger partial charge < -0.3 is 0 Å². The fraction of sp³-hybridized carbons (Fsp3) is 0.333. The Morgan fingerprint density at radius 1 is 1.75 bits per heavy atom. The van der Waals surface area contributed by atoms with Gasteiger partial charge >= 0.3 is 0 Å². The Morgan fingerprint density at radius 2 is 2.33 bits per heavy atom. The predicted octanol–water partition coefficient (Wildman–Crippen LogP) is -0.246. The minimum absolute atomic E-state index is 0. The molecule has 0 saturated carbocycles. The molecule has 0 fully saturated rings. The van der Waals surface area contributed by atoms with Crippen LogP contribution in [-0.2, 0) is 7.05 Å². The Bertz CT molecular complexity index is 264. The van der Waals surface area contributed by atoms with Crippen molar-refractivity contribution in [2.24, 2.45) is 12.9 Å². The fourth-order valence-electron chi connectivity index (χ4n) is 0.746. The van der Waals surface area contributed by atoms with Crippen molar-refractivity contribution in [3.05, 3.63) is 17.5 Å². The molecule has 0 radical (unpaired) electrons. The van der Waals surface area contributed by atoms with E-state index in [1.54, 1.807) is 17.8 Å². The molecule has 0 saturated heterocycles. The number of hydrogen-bond acceptors (Lipinski definition) is 3. The van der Waals surface area contributed by atoms with Gasteiger partial charge in [-0.3, -0.25) is 14.9 Å². The molecule has 0 atom stereocenters. The van der Waals surface area contributed by atoms with Gasteiger partial charge in [0.05, 0.1) is 0 Å². The van der Waals surface area contributed by atoms with E-state index >= 15 is 0 Å². The van der Waals surface area contributed by atoms with Crippen molar-refractivity contribution in [1.82, 2.24) is 15.2 Å². The van der Waals surface area contributed by atoms with Gasteiger partial charge in [-0.2, -0.15) is 5.10 Å². The largest absolute Gasteiger partial charge is 0.289 e. The molecule has 0 aliphatic carbocycles. The van der Waals surface area contributed by atoms with Gasteiger partial charge in [0, 0.05) is 12.7 Å². The van der Waals surface area contributed by atoms with E-state index in [0.717, 1.165) is 5.69 Å². The van der Waals surface area contributed by atoms with Gasteiger partial charge in [0.1, 0.15) is 0 Å². The lowest BCUT2D eigenvalue weighted by atomic mass is 10.3. The molecule has 0 aliphatic rings. The van der Waals surface area contributed by atoms with Crippen molar-refractivity contribution in [2.45, 2.75) is 6.92 Å². The second-order valence-electron chi connectivity index (χ2n) is 2.27. The SMILES string of the molecule is Cc1cc(C(=O)NN)nn1C.Cl. The molecule has 0 spiro atoms. The first-order valence-corrected chi connectivity index (χ1v) is 3.16. The number of carbonyl (C=O) groups is 1. The first-order valence-electron chi connectivity index (χ1n) is 3.16. The van der Waals surface area contributed by atoms with Crippen LogP contribution < -0.4 is 11.3 Å². The summed E-state index contributed by atoms with van der Waals surface area (Å²) in [6.45, 7) is 1.86. The zero-order chi connectivity index (χ0) is 8.43. The van der Waals surface area contributed by atoms with E-state index in [-0.39, 0.29) is 18.3 Å². The lowest BCUT2D eigenvalue weighted by Crippen LogP contribution is -2.30. The summed E-state index contributed by atoms with van der Waals surface area (Å²) in [4.78, 5) is 10.9. The van der Waals surface area contributed by atoms with E-state index in [4.69, 9.17) is 5.84 Å². The van der Waals surface area contributed by atoms with Gasteiger partial charge in [-0.05, 0) is 13.0 Å². The lowest BCUT2D eigenvalue weighted by molar-refractivity contribution is 0.0948. The lowest BCUT2D eigenvalue weighted by Gasteiger charge is -1.91. The van der Waals surface area contributed by atoms with Crippen LogP contribution in [0.4, 0.5) is 0 Å². The molecule has 0 bridgehead atoms. The molecular formula is C6H11ClN4O. The van der Waals surface area contributed by atoms with Crippen molar-refractivity contribution in [3.63, 3.8) is 0 Å². The summed E-state index contributed by atoms with van der Waals surface area (Å²) < 4.78 is 1.62. The van der Waals surface area contributed by atoms with Gasteiger partial charge in [0.2, 0.25) is 0 Å². The highest BCUT2D eigenvalue weighted by molar-refractivity contribution is 5.91. The number of aromatic nitrogens is 2. The molecule has 6 heteroatoms. The van der Waals surface area contributed by atoms with Gasteiger partial charge in [-0.1, -0.05) is 0 Å². The third-order valence-electron chi connectivity index (χ3n) is 1.48. The molecule has 1 heterocycles. The standard InChI is InChI=1S/C6H10N4O.ClH/c1-4-3-5(6(11)8-7)9-10(4)2;/h3H,7H2,1-2H3,(H,8,11);1H. The molecule has 0 unspecified atom stereocenters. The van der Waals surface area contributed by atoms with Crippen LogP contribution in [0.25, 0.3) is 0 Å². The Morgan fingerprint density at radius 3 is 2.67 bits per heavy atom. The van der Waals surface area contributed by atoms with Gasteiger partial charge in [0.15, 0.2) is 5.69 Å². The van der Waals surface area contributed by atoms with Crippen LogP contribution in [0, 0.1) is 6.92 Å². The first kappa shape index (κ1) is 10.9. The maximum atomic E-state index is 10.9. The summed E-state index contributed by atoms with van der Waals surface area (Å²) in [5.41, 5.74) is 3.27. The molecule has 1 amide bonds. The Balaban J connectivity index is 0.00000121. The number of nitrogens with one attached hydrogen (secondary N) is 1. The van der Waals surface area contributed by atoms with Gasteiger partial charge in [-0.25, -0.2) is 5.84 Å². The van der Waals surface area contributed by atoms with Crippen molar-refractivity contribution < 1.29 is 4.79 Å². The Kier molecular flexibility index (Phi) is 3.72. The summed E-state index contributed by atoms with van der Waals surface area (Å²) in [5, 5.41) is 3.91. The quantitative estimate of drug-likeness (QED) is 0.365. The number of hydrogen-bond donors (Lipinski definition) is 2. The van der Waals surface area contributed by atoms with E-state index in [2.05, 4.69) is 5.10 Å². The van der Waals surface area contributed by atoms with Gasteiger partial charge in [-0.15, -0.1) is 12.4 Å². The summed E-state index contributed by atoms with van der Waals surface area (Å²) in [6.07, 6.45) is 0. The van der Waals surface area contributed by atoms with Crippen LogP contribution in [0.3, 0.4) is 0 Å². The average Bonchev–Trinajstić information content (AvgIpc) is 2.31. The van der Waals surface area contributed by atoms with E-state index < -0.39 is 0 Å². The van der Waals surface area contributed by atoms with Crippen LogP contribution in [0.15, 0.2) is 6.07 Å². The molecular weight excluding hydrogens is 180 g/mol. The molecule has 5 nitrogen and oxygen atoms in total. The number of carbonyl (C=O) groups excluding carboxylic acids is 1. The maximum Gasteiger partial charge on any atom is 0.285 e. The zero-order valence-corrected chi connectivity index (χ0v) is 7.68. The average molecular weight is 191 g/mol. The zero-order valence-electron chi connectivity index (χ0n) is 6.87. The van der Waals surface area contributed by atoms with E-state index in [1.807, 2.05) is 12.3 Å². The van der Waals surface area contributed by atoms with E-state index in [9.17, 15) is 4.79 Å². The fourth-order valence-corrected chi connectivity index (χ4v) is 0.746. The number of halogens is 1.